The average molecular weight is 687 g/mol. The van der Waals surface area contributed by atoms with Crippen molar-refractivity contribution in [3.8, 4) is 0 Å². The second-order valence-corrected chi connectivity index (χ2v) is 14.7. The van der Waals surface area contributed by atoms with Crippen molar-refractivity contribution in [1.82, 2.24) is 0 Å². The quantitative estimate of drug-likeness (QED) is 0.0532. The van der Waals surface area contributed by atoms with E-state index in [4.69, 9.17) is 10.2 Å². The molecular formula is C42H90N2O4+2. The number of hydrogen-bond acceptors (Lipinski definition) is 2. The highest BCUT2D eigenvalue weighted by Crippen LogP contribution is 2.18. The zero-order chi connectivity index (χ0) is 36.8. The summed E-state index contributed by atoms with van der Waals surface area (Å²) >= 11 is 0. The van der Waals surface area contributed by atoms with Gasteiger partial charge >= 0.3 is 11.9 Å². The fraction of sp³-hybridized carbons (Fsp3) is 0.952. The Kier molecular flexibility index (Phi) is 41.3. The molecule has 0 spiro atoms. The van der Waals surface area contributed by atoms with E-state index in [1.54, 1.807) is 0 Å². The minimum Gasteiger partial charge on any atom is -0.481 e. The summed E-state index contributed by atoms with van der Waals surface area (Å²) in [4.78, 5) is 20.3. The molecule has 0 rings (SSSR count). The van der Waals surface area contributed by atoms with Crippen LogP contribution in [0.15, 0.2) is 0 Å². The molecule has 0 fully saturated rings. The summed E-state index contributed by atoms with van der Waals surface area (Å²) in [5, 5.41) is 16.7. The maximum Gasteiger partial charge on any atom is 0.303 e. The van der Waals surface area contributed by atoms with E-state index in [1.165, 1.54) is 164 Å². The Balaban J connectivity index is -0.000000637. The summed E-state index contributed by atoms with van der Waals surface area (Å²) in [5.41, 5.74) is 0. The largest absolute Gasteiger partial charge is 0.481 e. The van der Waals surface area contributed by atoms with E-state index < -0.39 is 11.9 Å². The van der Waals surface area contributed by atoms with Gasteiger partial charge in [0, 0.05) is 12.8 Å². The number of nitrogens with zero attached hydrogens (tertiary/aromatic N) is 2. The van der Waals surface area contributed by atoms with Crippen LogP contribution in [0.2, 0.25) is 0 Å². The van der Waals surface area contributed by atoms with E-state index in [1.807, 2.05) is 0 Å². The van der Waals surface area contributed by atoms with Gasteiger partial charge in [-0.2, -0.15) is 0 Å². The van der Waals surface area contributed by atoms with Gasteiger partial charge in [-0.05, 0) is 64.2 Å². The second kappa shape index (κ2) is 38.7. The minimum absolute atomic E-state index is 0.245. The van der Waals surface area contributed by atoms with Crippen molar-refractivity contribution in [3.05, 3.63) is 0 Å². The zero-order valence-corrected chi connectivity index (χ0v) is 34.2. The van der Waals surface area contributed by atoms with Crippen LogP contribution in [0.3, 0.4) is 0 Å². The standard InChI is InChI=1S/2C16H36N.C10H18O4/c2*1-5-9-13-17(14-10-6-2,15-11-7-3)16-12-8-4;11-9(12)7-5-3-1-2-4-6-8-10(13)14/h2*5-16H2,1-4H3;1-8H2,(H,11,12)(H,13,14)/q2*+1;. The molecule has 0 heterocycles. The first-order valence-electron chi connectivity index (χ1n) is 21.2. The Morgan fingerprint density at radius 1 is 0.312 bits per heavy atom. The number of carboxylic acid groups (broad SMARTS) is 2. The SMILES string of the molecule is CCCC[N+](CCCC)(CCCC)CCCC.CCCC[N+](CCCC)(CCCC)CCCC.O=C(O)CCCCCCCCC(=O)O. The van der Waals surface area contributed by atoms with Gasteiger partial charge in [-0.25, -0.2) is 0 Å². The lowest BCUT2D eigenvalue weighted by molar-refractivity contribution is -0.929. The lowest BCUT2D eigenvalue weighted by atomic mass is 10.1. The monoisotopic (exact) mass is 687 g/mol. The third-order valence-electron chi connectivity index (χ3n) is 9.92. The van der Waals surface area contributed by atoms with E-state index in [0.29, 0.717) is 0 Å². The van der Waals surface area contributed by atoms with Crippen LogP contribution in [0.25, 0.3) is 0 Å². The number of carboxylic acids is 2. The molecule has 0 atom stereocenters. The number of unbranched alkanes of at least 4 members (excludes halogenated alkanes) is 13. The highest BCUT2D eigenvalue weighted by molar-refractivity contribution is 5.66. The van der Waals surface area contributed by atoms with Gasteiger partial charge in [-0.1, -0.05) is 132 Å². The first-order valence-corrected chi connectivity index (χ1v) is 21.2. The van der Waals surface area contributed by atoms with Gasteiger partial charge in [-0.15, -0.1) is 0 Å². The number of hydrogen-bond donors (Lipinski definition) is 2. The van der Waals surface area contributed by atoms with Gasteiger partial charge in [0.25, 0.3) is 0 Å². The third-order valence-corrected chi connectivity index (χ3v) is 9.92. The van der Waals surface area contributed by atoms with Crippen molar-refractivity contribution in [2.45, 2.75) is 209 Å². The summed E-state index contributed by atoms with van der Waals surface area (Å²) in [6, 6.07) is 0. The molecule has 0 aromatic carbocycles. The summed E-state index contributed by atoms with van der Waals surface area (Å²) < 4.78 is 2.84. The molecule has 0 aliphatic rings. The molecule has 0 bridgehead atoms. The van der Waals surface area contributed by atoms with Gasteiger partial charge in [0.15, 0.2) is 0 Å². The van der Waals surface area contributed by atoms with Crippen molar-refractivity contribution in [1.29, 1.82) is 0 Å². The molecule has 48 heavy (non-hydrogen) atoms. The molecule has 290 valence electrons. The molecule has 0 saturated carbocycles. The zero-order valence-electron chi connectivity index (χ0n) is 34.2. The molecule has 0 aromatic heterocycles. The summed E-state index contributed by atoms with van der Waals surface area (Å²) in [6.07, 6.45) is 27.9. The number of quaternary nitrogens is 2. The van der Waals surface area contributed by atoms with E-state index in [-0.39, 0.29) is 12.8 Å². The van der Waals surface area contributed by atoms with Gasteiger partial charge < -0.3 is 19.2 Å². The van der Waals surface area contributed by atoms with Crippen molar-refractivity contribution in [2.75, 3.05) is 52.4 Å². The highest BCUT2D eigenvalue weighted by Gasteiger charge is 2.25. The average Bonchev–Trinajstić information content (AvgIpc) is 3.08. The van der Waals surface area contributed by atoms with Gasteiger partial charge in [0.05, 0.1) is 52.4 Å². The molecule has 0 aliphatic heterocycles. The van der Waals surface area contributed by atoms with E-state index in [0.717, 1.165) is 38.5 Å². The maximum absolute atomic E-state index is 10.1. The molecule has 6 heteroatoms. The van der Waals surface area contributed by atoms with Crippen molar-refractivity contribution >= 4 is 11.9 Å². The lowest BCUT2D eigenvalue weighted by Gasteiger charge is -2.39. The maximum atomic E-state index is 10.1. The second-order valence-electron chi connectivity index (χ2n) is 14.7. The third kappa shape index (κ3) is 34.7. The summed E-state index contributed by atoms with van der Waals surface area (Å²) in [5.74, 6) is -1.48. The molecule has 0 aliphatic carbocycles. The van der Waals surface area contributed by atoms with Crippen LogP contribution >= 0.6 is 0 Å². The van der Waals surface area contributed by atoms with Crippen molar-refractivity contribution in [3.63, 3.8) is 0 Å². The molecule has 0 amide bonds. The number of aliphatic carboxylic acids is 2. The van der Waals surface area contributed by atoms with Crippen LogP contribution < -0.4 is 0 Å². The van der Waals surface area contributed by atoms with Crippen LogP contribution in [0.5, 0.6) is 0 Å². The smallest absolute Gasteiger partial charge is 0.303 e. The Hall–Kier alpha value is -1.14. The molecule has 6 nitrogen and oxygen atoms in total. The lowest BCUT2D eigenvalue weighted by Crippen LogP contribution is -2.50. The predicted molar refractivity (Wildman–Crippen MR) is 211 cm³/mol. The summed E-state index contributed by atoms with van der Waals surface area (Å²) in [6.45, 7) is 30.0. The Morgan fingerprint density at radius 3 is 0.625 bits per heavy atom. The van der Waals surface area contributed by atoms with Crippen LogP contribution in [0.4, 0.5) is 0 Å². The predicted octanol–water partition coefficient (Wildman–Crippen LogP) is 12.3. The molecule has 0 unspecified atom stereocenters. The minimum atomic E-state index is -0.740. The van der Waals surface area contributed by atoms with Gasteiger partial charge in [0.2, 0.25) is 0 Å². The van der Waals surface area contributed by atoms with E-state index in [9.17, 15) is 9.59 Å². The molecule has 0 radical (unpaired) electrons. The normalized spacial score (nSPS) is 11.4. The Labute approximate surface area is 302 Å². The topological polar surface area (TPSA) is 74.6 Å². The fourth-order valence-corrected chi connectivity index (χ4v) is 6.55. The first-order chi connectivity index (χ1) is 23.1. The van der Waals surface area contributed by atoms with Gasteiger partial charge in [-0.3, -0.25) is 9.59 Å². The number of rotatable bonds is 33. The van der Waals surface area contributed by atoms with Crippen LogP contribution in [-0.2, 0) is 9.59 Å². The van der Waals surface area contributed by atoms with E-state index in [2.05, 4.69) is 55.4 Å². The van der Waals surface area contributed by atoms with Crippen molar-refractivity contribution < 1.29 is 28.8 Å². The van der Waals surface area contributed by atoms with Crippen LogP contribution in [0, 0.1) is 0 Å². The summed E-state index contributed by atoms with van der Waals surface area (Å²) in [7, 11) is 0. The highest BCUT2D eigenvalue weighted by atomic mass is 16.4. The van der Waals surface area contributed by atoms with Gasteiger partial charge in [0.1, 0.15) is 0 Å². The Morgan fingerprint density at radius 2 is 0.479 bits per heavy atom. The number of carbonyl (C=O) groups is 2. The molecule has 0 aromatic rings. The van der Waals surface area contributed by atoms with E-state index >= 15 is 0 Å². The van der Waals surface area contributed by atoms with Crippen LogP contribution in [-0.4, -0.2) is 83.5 Å². The molecule has 2 N–H and O–H groups in total. The Bertz CT molecular complexity index is 539. The van der Waals surface area contributed by atoms with Crippen LogP contribution in [0.1, 0.15) is 209 Å². The van der Waals surface area contributed by atoms with Crippen molar-refractivity contribution in [2.24, 2.45) is 0 Å². The first kappa shape index (κ1) is 51.2. The molecular weight excluding hydrogens is 596 g/mol. The molecule has 0 saturated heterocycles. The fourth-order valence-electron chi connectivity index (χ4n) is 6.55.